The molecule has 0 aliphatic heterocycles. The van der Waals surface area contributed by atoms with Gasteiger partial charge < -0.3 is 13.9 Å². The van der Waals surface area contributed by atoms with E-state index in [9.17, 15) is 4.57 Å². The van der Waals surface area contributed by atoms with Gasteiger partial charge in [-0.1, -0.05) is 10.7 Å². The van der Waals surface area contributed by atoms with E-state index >= 15 is 0 Å². The molecule has 0 unspecified atom stereocenters. The topological polar surface area (TPSA) is 80.9 Å². The predicted molar refractivity (Wildman–Crippen MR) is 76.7 cm³/mol. The summed E-state index contributed by atoms with van der Waals surface area (Å²) in [6.07, 6.45) is 2.65. The highest BCUT2D eigenvalue weighted by molar-refractivity contribution is 7.54. The molecule has 1 aliphatic rings. The minimum absolute atomic E-state index is 0.217. The molecule has 20 heavy (non-hydrogen) atoms. The van der Waals surface area contributed by atoms with Gasteiger partial charge in [0.2, 0.25) is 0 Å². The summed E-state index contributed by atoms with van der Waals surface area (Å²) in [7, 11) is -1.74. The summed E-state index contributed by atoms with van der Waals surface area (Å²) in [5.74, 6) is 0. The number of rotatable bonds is 8. The van der Waals surface area contributed by atoms with Gasteiger partial charge in [-0.2, -0.15) is 5.26 Å². The summed E-state index contributed by atoms with van der Waals surface area (Å²) in [6, 6.07) is 2.02. The van der Waals surface area contributed by atoms with Crippen LogP contribution in [-0.2, 0) is 18.5 Å². The molecule has 1 rings (SSSR count). The minimum Gasteiger partial charge on any atom is -0.398 e. The van der Waals surface area contributed by atoms with Crippen LogP contribution < -0.4 is 0 Å². The van der Waals surface area contributed by atoms with Gasteiger partial charge in [0.1, 0.15) is 13.2 Å². The number of allylic oxidation sites excluding steroid dienone is 2. The van der Waals surface area contributed by atoms with Crippen molar-refractivity contribution in [2.45, 2.75) is 33.1 Å². The average molecular weight is 300 g/mol. The SMILES string of the molecule is CCOP(=O)(CC1=C(C(C#N)=NOC)CCC1)OCC. The molecule has 6 nitrogen and oxygen atoms in total. The first-order chi connectivity index (χ1) is 9.60. The summed E-state index contributed by atoms with van der Waals surface area (Å²) in [5.41, 5.74) is 1.99. The molecule has 0 aromatic carbocycles. The van der Waals surface area contributed by atoms with Gasteiger partial charge in [0.05, 0.1) is 19.4 Å². The summed E-state index contributed by atoms with van der Waals surface area (Å²) < 4.78 is 23.1. The van der Waals surface area contributed by atoms with Crippen molar-refractivity contribution >= 4 is 13.3 Å². The quantitative estimate of drug-likeness (QED) is 0.390. The highest BCUT2D eigenvalue weighted by atomic mass is 31.2. The Hall–Kier alpha value is -1.15. The van der Waals surface area contributed by atoms with Gasteiger partial charge in [-0.15, -0.1) is 0 Å². The van der Waals surface area contributed by atoms with Crippen molar-refractivity contribution < 1.29 is 18.5 Å². The van der Waals surface area contributed by atoms with Crippen LogP contribution in [0.5, 0.6) is 0 Å². The van der Waals surface area contributed by atoms with Crippen molar-refractivity contribution in [2.75, 3.05) is 26.5 Å². The number of hydrogen-bond acceptors (Lipinski definition) is 6. The molecular weight excluding hydrogens is 279 g/mol. The first-order valence-corrected chi connectivity index (χ1v) is 8.43. The van der Waals surface area contributed by atoms with Crippen LogP contribution in [0, 0.1) is 11.3 Å². The molecule has 0 saturated carbocycles. The lowest BCUT2D eigenvalue weighted by atomic mass is 10.1. The van der Waals surface area contributed by atoms with Crippen LogP contribution in [-0.4, -0.2) is 32.2 Å². The third-order valence-electron chi connectivity index (χ3n) is 2.94. The lowest BCUT2D eigenvalue weighted by Crippen LogP contribution is -2.06. The second kappa shape index (κ2) is 8.21. The molecule has 1 aliphatic carbocycles. The second-order valence-corrected chi connectivity index (χ2v) is 6.33. The maximum absolute atomic E-state index is 12.6. The fourth-order valence-electron chi connectivity index (χ4n) is 2.26. The van der Waals surface area contributed by atoms with Crippen LogP contribution in [0.2, 0.25) is 0 Å². The van der Waals surface area contributed by atoms with Gasteiger partial charge in [-0.05, 0) is 38.7 Å². The van der Waals surface area contributed by atoms with Gasteiger partial charge in [0.15, 0.2) is 5.71 Å². The number of hydrogen-bond donors (Lipinski definition) is 0. The van der Waals surface area contributed by atoms with E-state index in [-0.39, 0.29) is 11.9 Å². The second-order valence-electron chi connectivity index (χ2n) is 4.27. The Morgan fingerprint density at radius 3 is 2.50 bits per heavy atom. The third kappa shape index (κ3) is 4.45. The summed E-state index contributed by atoms with van der Waals surface area (Å²) in [4.78, 5) is 4.68. The van der Waals surface area contributed by atoms with E-state index in [4.69, 9.17) is 14.3 Å². The first-order valence-electron chi connectivity index (χ1n) is 6.70. The number of nitriles is 1. The van der Waals surface area contributed by atoms with E-state index in [0.29, 0.717) is 13.2 Å². The molecule has 0 saturated heterocycles. The highest BCUT2D eigenvalue weighted by Crippen LogP contribution is 2.51. The molecule has 0 fully saturated rings. The van der Waals surface area contributed by atoms with E-state index in [1.807, 2.05) is 6.07 Å². The van der Waals surface area contributed by atoms with Crippen molar-refractivity contribution in [2.24, 2.45) is 5.16 Å². The van der Waals surface area contributed by atoms with E-state index in [1.165, 1.54) is 7.11 Å². The van der Waals surface area contributed by atoms with Crippen molar-refractivity contribution in [1.82, 2.24) is 0 Å². The first kappa shape index (κ1) is 16.9. The fraction of sp³-hybridized carbons (Fsp3) is 0.692. The molecule has 0 heterocycles. The molecule has 0 aromatic heterocycles. The molecule has 0 radical (unpaired) electrons. The lowest BCUT2D eigenvalue weighted by Gasteiger charge is -2.18. The van der Waals surface area contributed by atoms with E-state index in [0.717, 1.165) is 30.4 Å². The molecule has 7 heteroatoms. The summed E-state index contributed by atoms with van der Waals surface area (Å²) >= 11 is 0. The number of oxime groups is 1. The minimum atomic E-state index is -3.14. The highest BCUT2D eigenvalue weighted by Gasteiger charge is 2.30. The van der Waals surface area contributed by atoms with Gasteiger partial charge in [0.25, 0.3) is 0 Å². The average Bonchev–Trinajstić information content (AvgIpc) is 2.84. The van der Waals surface area contributed by atoms with Gasteiger partial charge in [-0.25, -0.2) is 0 Å². The summed E-state index contributed by atoms with van der Waals surface area (Å²) in [5, 5.41) is 12.8. The number of nitrogens with zero attached hydrogens (tertiary/aromatic N) is 2. The Morgan fingerprint density at radius 1 is 1.35 bits per heavy atom. The molecule has 0 atom stereocenters. The zero-order valence-corrected chi connectivity index (χ0v) is 13.1. The fourth-order valence-corrected chi connectivity index (χ4v) is 4.12. The Bertz CT molecular complexity index is 469. The van der Waals surface area contributed by atoms with Crippen molar-refractivity contribution in [3.8, 4) is 6.07 Å². The normalized spacial score (nSPS) is 16.4. The van der Waals surface area contributed by atoms with Gasteiger partial charge in [0, 0.05) is 0 Å². The predicted octanol–water partition coefficient (Wildman–Crippen LogP) is 3.26. The molecule has 0 aromatic rings. The smallest absolute Gasteiger partial charge is 0.334 e. The molecule has 0 spiro atoms. The van der Waals surface area contributed by atoms with E-state index in [2.05, 4.69) is 9.99 Å². The largest absolute Gasteiger partial charge is 0.398 e. The molecule has 0 bridgehead atoms. The van der Waals surface area contributed by atoms with Crippen LogP contribution in [0.3, 0.4) is 0 Å². The molecule has 0 amide bonds. The van der Waals surface area contributed by atoms with Crippen LogP contribution in [0.25, 0.3) is 0 Å². The van der Waals surface area contributed by atoms with Crippen LogP contribution in [0.15, 0.2) is 16.3 Å². The zero-order valence-electron chi connectivity index (χ0n) is 12.2. The Balaban J connectivity index is 3.00. The Labute approximate surface area is 119 Å². The van der Waals surface area contributed by atoms with Crippen LogP contribution >= 0.6 is 7.60 Å². The third-order valence-corrected chi connectivity index (χ3v) is 5.01. The van der Waals surface area contributed by atoms with Crippen molar-refractivity contribution in [3.63, 3.8) is 0 Å². The van der Waals surface area contributed by atoms with Gasteiger partial charge in [-0.3, -0.25) is 4.57 Å². The van der Waals surface area contributed by atoms with Crippen molar-refractivity contribution in [3.05, 3.63) is 11.1 Å². The van der Waals surface area contributed by atoms with E-state index < -0.39 is 7.60 Å². The van der Waals surface area contributed by atoms with Crippen LogP contribution in [0.4, 0.5) is 0 Å². The van der Waals surface area contributed by atoms with E-state index in [1.54, 1.807) is 13.8 Å². The molecule has 0 N–H and O–H groups in total. The Morgan fingerprint density at radius 2 is 2.00 bits per heavy atom. The van der Waals surface area contributed by atoms with Crippen LogP contribution in [0.1, 0.15) is 33.1 Å². The standard InChI is InChI=1S/C13H21N2O4P/c1-4-18-20(16,19-5-2)10-11-7-6-8-12(11)13(9-14)15-17-3/h4-8,10H2,1-3H3. The Kier molecular flexibility index (Phi) is 6.94. The lowest BCUT2D eigenvalue weighted by molar-refractivity contribution is 0.214. The summed E-state index contributed by atoms with van der Waals surface area (Å²) in [6.45, 7) is 4.22. The molecular formula is C13H21N2O4P. The zero-order chi connectivity index (χ0) is 15.0. The van der Waals surface area contributed by atoms with Crippen molar-refractivity contribution in [1.29, 1.82) is 5.26 Å². The maximum Gasteiger partial charge on any atom is 0.334 e. The maximum atomic E-state index is 12.6. The molecule has 112 valence electrons. The monoisotopic (exact) mass is 300 g/mol. The van der Waals surface area contributed by atoms with Gasteiger partial charge >= 0.3 is 7.60 Å².